The Hall–Kier alpha value is -2.76. The van der Waals surface area contributed by atoms with Crippen molar-refractivity contribution < 1.29 is 4.39 Å². The minimum Gasteiger partial charge on any atom is -0.306 e. The van der Waals surface area contributed by atoms with Crippen molar-refractivity contribution in [2.75, 3.05) is 0 Å². The number of hydrogen-bond acceptors (Lipinski definition) is 3. The molecule has 0 aliphatic carbocycles. The van der Waals surface area contributed by atoms with Crippen LogP contribution in [-0.4, -0.2) is 19.6 Å². The van der Waals surface area contributed by atoms with Gasteiger partial charge in [0.25, 0.3) is 5.56 Å². The molecule has 1 atom stereocenters. The Labute approximate surface area is 138 Å². The molecule has 0 aromatic carbocycles. The monoisotopic (exact) mass is 326 g/mol. The number of hydrogen-bond donors (Lipinski definition) is 1. The van der Waals surface area contributed by atoms with Crippen molar-refractivity contribution in [2.45, 2.75) is 33.1 Å². The molecule has 6 heteroatoms. The lowest BCUT2D eigenvalue weighted by Gasteiger charge is -2.11. The quantitative estimate of drug-likeness (QED) is 0.742. The second kappa shape index (κ2) is 6.39. The number of allylic oxidation sites excluding steroid dienone is 4. The lowest BCUT2D eigenvalue weighted by atomic mass is 9.96. The lowest BCUT2D eigenvalue weighted by molar-refractivity contribution is 0.661. The average molecular weight is 326 g/mol. The van der Waals surface area contributed by atoms with Gasteiger partial charge in [-0.25, -0.2) is 9.37 Å². The molecule has 0 radical (unpaired) electrons. The van der Waals surface area contributed by atoms with E-state index < -0.39 is 0 Å². The number of halogens is 1. The topological polar surface area (TPSA) is 63.1 Å². The maximum atomic E-state index is 13.3. The highest BCUT2D eigenvalue weighted by Crippen LogP contribution is 2.22. The van der Waals surface area contributed by atoms with Crippen LogP contribution in [0.3, 0.4) is 0 Å². The molecular weight excluding hydrogens is 307 g/mol. The first kappa shape index (κ1) is 16.1. The Bertz CT molecular complexity index is 1010. The predicted octanol–water partition coefficient (Wildman–Crippen LogP) is 3.80. The molecule has 3 aromatic rings. The highest BCUT2D eigenvalue weighted by Gasteiger charge is 2.14. The van der Waals surface area contributed by atoms with Gasteiger partial charge in [0.1, 0.15) is 11.5 Å². The number of aryl methyl sites for hydroxylation is 1. The van der Waals surface area contributed by atoms with Crippen LogP contribution in [0.25, 0.3) is 16.7 Å². The fraction of sp³-hybridized carbons (Fsp3) is 0.278. The van der Waals surface area contributed by atoms with Gasteiger partial charge in [-0.3, -0.25) is 4.79 Å². The van der Waals surface area contributed by atoms with Gasteiger partial charge in [-0.1, -0.05) is 19.1 Å². The maximum Gasteiger partial charge on any atom is 0.253 e. The molecule has 3 rings (SSSR count). The minimum atomic E-state index is -0.318. The number of nitrogens with one attached hydrogen (secondary N) is 1. The molecule has 5 nitrogen and oxygen atoms in total. The fourth-order valence-electron chi connectivity index (χ4n) is 2.74. The highest BCUT2D eigenvalue weighted by molar-refractivity contribution is 5.77. The fourth-order valence-corrected chi connectivity index (χ4v) is 2.74. The van der Waals surface area contributed by atoms with Crippen molar-refractivity contribution >= 4 is 16.7 Å². The van der Waals surface area contributed by atoms with Gasteiger partial charge >= 0.3 is 0 Å². The molecular formula is C18H19FN4O. The molecule has 3 aromatic heterocycles. The van der Waals surface area contributed by atoms with Crippen LogP contribution in [0.5, 0.6) is 0 Å². The summed E-state index contributed by atoms with van der Waals surface area (Å²) < 4.78 is 15.0. The molecule has 124 valence electrons. The Kier molecular flexibility index (Phi) is 4.29. The summed E-state index contributed by atoms with van der Waals surface area (Å²) in [6.07, 6.45) is 6.91. The van der Waals surface area contributed by atoms with Crippen molar-refractivity contribution in [3.05, 3.63) is 64.0 Å². The summed E-state index contributed by atoms with van der Waals surface area (Å²) in [5, 5.41) is 5.15. The van der Waals surface area contributed by atoms with Gasteiger partial charge in [0.15, 0.2) is 5.65 Å². The molecule has 1 N–H and O–H groups in total. The first-order chi connectivity index (χ1) is 11.5. The molecule has 0 fully saturated rings. The molecule has 0 aliphatic heterocycles. The molecule has 0 aliphatic rings. The maximum absolute atomic E-state index is 13.3. The number of aromatic amines is 1. The van der Waals surface area contributed by atoms with Crippen LogP contribution in [0.15, 0.2) is 47.2 Å². The van der Waals surface area contributed by atoms with Crippen molar-refractivity contribution in [2.24, 2.45) is 0 Å². The van der Waals surface area contributed by atoms with E-state index in [9.17, 15) is 9.18 Å². The Morgan fingerprint density at radius 1 is 1.46 bits per heavy atom. The van der Waals surface area contributed by atoms with Crippen molar-refractivity contribution in [1.82, 2.24) is 19.6 Å². The van der Waals surface area contributed by atoms with E-state index in [0.717, 1.165) is 11.1 Å². The molecule has 0 bridgehead atoms. The van der Waals surface area contributed by atoms with E-state index in [4.69, 9.17) is 0 Å². The van der Waals surface area contributed by atoms with E-state index in [2.05, 4.69) is 15.1 Å². The molecule has 24 heavy (non-hydrogen) atoms. The second-order valence-corrected chi connectivity index (χ2v) is 5.72. The van der Waals surface area contributed by atoms with Gasteiger partial charge in [-0.15, -0.1) is 0 Å². The summed E-state index contributed by atoms with van der Waals surface area (Å²) in [5.74, 6) is -0.486. The van der Waals surface area contributed by atoms with Gasteiger partial charge in [0.05, 0.1) is 5.69 Å². The summed E-state index contributed by atoms with van der Waals surface area (Å²) >= 11 is 0. The molecule has 0 amide bonds. The highest BCUT2D eigenvalue weighted by atomic mass is 19.1. The van der Waals surface area contributed by atoms with E-state index in [-0.39, 0.29) is 17.3 Å². The van der Waals surface area contributed by atoms with Crippen LogP contribution in [0, 0.1) is 6.92 Å². The number of H-pyrrole nitrogens is 1. The van der Waals surface area contributed by atoms with Gasteiger partial charge in [0.2, 0.25) is 0 Å². The third-order valence-electron chi connectivity index (χ3n) is 4.04. The van der Waals surface area contributed by atoms with E-state index in [1.807, 2.05) is 26.0 Å². The third-order valence-corrected chi connectivity index (χ3v) is 4.04. The van der Waals surface area contributed by atoms with Crippen LogP contribution >= 0.6 is 0 Å². The zero-order valence-electron chi connectivity index (χ0n) is 13.9. The summed E-state index contributed by atoms with van der Waals surface area (Å²) in [6.45, 7) is 5.47. The number of pyridine rings is 1. The summed E-state index contributed by atoms with van der Waals surface area (Å²) in [5.41, 5.74) is 2.53. The number of fused-ring (bicyclic) bond motifs is 3. The smallest absolute Gasteiger partial charge is 0.253 e. The standard InChI is InChI=1S/C18H19FN4O/c1-4-12(6-7-14(19)5-2)15-9-13-10-20-16-8-11(3)22-23(16)17(13)21-18(15)24/h5-10,12H,4H2,1-3H3,(H,21,24). The first-order valence-electron chi connectivity index (χ1n) is 7.91. The van der Waals surface area contributed by atoms with Gasteiger partial charge < -0.3 is 4.98 Å². The molecule has 0 saturated carbocycles. The minimum absolute atomic E-state index is 0.168. The number of aromatic nitrogens is 4. The van der Waals surface area contributed by atoms with Gasteiger partial charge in [-0.05, 0) is 32.4 Å². The van der Waals surface area contributed by atoms with Crippen LogP contribution < -0.4 is 5.56 Å². The third kappa shape index (κ3) is 2.87. The lowest BCUT2D eigenvalue weighted by Crippen LogP contribution is -2.16. The number of rotatable bonds is 4. The Balaban J connectivity index is 2.15. The van der Waals surface area contributed by atoms with E-state index in [1.165, 1.54) is 12.2 Å². The zero-order chi connectivity index (χ0) is 17.3. The molecule has 0 saturated heterocycles. The number of nitrogens with zero attached hydrogens (tertiary/aromatic N) is 3. The van der Waals surface area contributed by atoms with E-state index in [0.29, 0.717) is 23.3 Å². The molecule has 3 heterocycles. The SMILES string of the molecule is CC=C(F)C=CC(CC)c1cc2cnc3cc(C)nn3c2[nH]c1=O. The summed E-state index contributed by atoms with van der Waals surface area (Å²) in [4.78, 5) is 19.8. The largest absolute Gasteiger partial charge is 0.306 e. The summed E-state index contributed by atoms with van der Waals surface area (Å²) in [6, 6.07) is 3.66. The van der Waals surface area contributed by atoms with Gasteiger partial charge in [0, 0.05) is 29.1 Å². The zero-order valence-corrected chi connectivity index (χ0v) is 13.9. The van der Waals surface area contributed by atoms with Crippen LogP contribution in [0.2, 0.25) is 0 Å². The second-order valence-electron chi connectivity index (χ2n) is 5.72. The van der Waals surface area contributed by atoms with Crippen LogP contribution in [0.4, 0.5) is 4.39 Å². The Morgan fingerprint density at radius 3 is 2.96 bits per heavy atom. The molecule has 1 unspecified atom stereocenters. The summed E-state index contributed by atoms with van der Waals surface area (Å²) in [7, 11) is 0. The van der Waals surface area contributed by atoms with Crippen molar-refractivity contribution in [3.63, 3.8) is 0 Å². The van der Waals surface area contributed by atoms with Crippen molar-refractivity contribution in [1.29, 1.82) is 0 Å². The Morgan fingerprint density at radius 2 is 2.25 bits per heavy atom. The van der Waals surface area contributed by atoms with E-state index >= 15 is 0 Å². The first-order valence-corrected chi connectivity index (χ1v) is 7.91. The van der Waals surface area contributed by atoms with Gasteiger partial charge in [-0.2, -0.15) is 9.61 Å². The molecule has 0 spiro atoms. The normalized spacial score (nSPS) is 14.1. The van der Waals surface area contributed by atoms with Crippen LogP contribution in [0.1, 0.15) is 37.4 Å². The predicted molar refractivity (Wildman–Crippen MR) is 92.9 cm³/mol. The average Bonchev–Trinajstić information content (AvgIpc) is 2.96. The van der Waals surface area contributed by atoms with E-state index in [1.54, 1.807) is 23.7 Å². The van der Waals surface area contributed by atoms with Crippen molar-refractivity contribution in [3.8, 4) is 0 Å². The van der Waals surface area contributed by atoms with Crippen LogP contribution in [-0.2, 0) is 0 Å².